The lowest BCUT2D eigenvalue weighted by Gasteiger charge is -2.28. The normalized spacial score (nSPS) is 14.4. The van der Waals surface area contributed by atoms with Crippen LogP contribution in [-0.2, 0) is 6.54 Å². The number of rotatable bonds is 9. The van der Waals surface area contributed by atoms with Crippen LogP contribution in [0.15, 0.2) is 54.7 Å². The Morgan fingerprint density at radius 1 is 1.12 bits per heavy atom. The van der Waals surface area contributed by atoms with Crippen molar-refractivity contribution in [1.29, 1.82) is 0 Å². The molecule has 0 spiro atoms. The van der Waals surface area contributed by atoms with E-state index in [1.807, 2.05) is 18.2 Å². The van der Waals surface area contributed by atoms with Gasteiger partial charge >= 0.3 is 6.01 Å². The van der Waals surface area contributed by atoms with Gasteiger partial charge in [0.05, 0.1) is 11.1 Å². The Morgan fingerprint density at radius 2 is 1.85 bits per heavy atom. The van der Waals surface area contributed by atoms with Gasteiger partial charge < -0.3 is 20.3 Å². The molecule has 2 aromatic carbocycles. The summed E-state index contributed by atoms with van der Waals surface area (Å²) in [6, 6.07) is 13.2. The number of carbonyl (C=O) groups is 1. The van der Waals surface area contributed by atoms with Crippen LogP contribution in [0.25, 0.3) is 5.65 Å². The Bertz CT molecular complexity index is 1510. The topological polar surface area (TPSA) is 140 Å². The lowest BCUT2D eigenvalue weighted by Crippen LogP contribution is -2.36. The summed E-state index contributed by atoms with van der Waals surface area (Å²) < 4.78 is 7.90. The van der Waals surface area contributed by atoms with Gasteiger partial charge in [0.15, 0.2) is 5.65 Å². The smallest absolute Gasteiger partial charge is 0.322 e. The van der Waals surface area contributed by atoms with E-state index in [1.54, 1.807) is 16.8 Å². The zero-order valence-electron chi connectivity index (χ0n) is 22.7. The monoisotopic (exact) mass is 544 g/mol. The minimum atomic E-state index is -0.499. The van der Waals surface area contributed by atoms with Gasteiger partial charge in [0.2, 0.25) is 5.95 Å². The fourth-order valence-electron chi connectivity index (χ4n) is 4.60. The van der Waals surface area contributed by atoms with Gasteiger partial charge in [0.25, 0.3) is 11.6 Å². The number of piperidine rings is 1. The number of hydrogen-bond acceptors (Lipinski definition) is 9. The van der Waals surface area contributed by atoms with Gasteiger partial charge in [0, 0.05) is 48.6 Å². The van der Waals surface area contributed by atoms with E-state index < -0.39 is 4.92 Å². The summed E-state index contributed by atoms with van der Waals surface area (Å²) in [7, 11) is 2.11. The lowest BCUT2D eigenvalue weighted by atomic mass is 10.1. The minimum Gasteiger partial charge on any atom is -0.460 e. The molecule has 0 radical (unpaired) electrons. The predicted molar refractivity (Wildman–Crippen MR) is 151 cm³/mol. The first-order valence-electron chi connectivity index (χ1n) is 13.3. The zero-order chi connectivity index (χ0) is 28.2. The molecular weight excluding hydrogens is 512 g/mol. The number of nitro groups is 1. The number of carbonyl (C=O) groups excluding carboxylic acids is 1. The molecule has 1 amide bonds. The molecule has 0 saturated carbocycles. The lowest BCUT2D eigenvalue weighted by molar-refractivity contribution is -0.384. The molecule has 12 heteroatoms. The van der Waals surface area contributed by atoms with Gasteiger partial charge in [-0.25, -0.2) is 0 Å². The molecule has 0 aliphatic carbocycles. The Labute approximate surface area is 231 Å². The van der Waals surface area contributed by atoms with Crippen LogP contribution in [0, 0.1) is 10.1 Å². The van der Waals surface area contributed by atoms with Gasteiger partial charge in [0.1, 0.15) is 6.10 Å². The number of nitrogens with zero attached hydrogens (tertiary/aromatic N) is 6. The largest absolute Gasteiger partial charge is 0.460 e. The van der Waals surface area contributed by atoms with Gasteiger partial charge in [-0.2, -0.15) is 19.6 Å². The van der Waals surface area contributed by atoms with Gasteiger partial charge in [-0.05, 0) is 49.6 Å². The van der Waals surface area contributed by atoms with Crippen molar-refractivity contribution in [1.82, 2.24) is 24.5 Å². The Morgan fingerprint density at radius 3 is 2.55 bits per heavy atom. The molecule has 2 aromatic heterocycles. The number of para-hydroxylation sites is 1. The van der Waals surface area contributed by atoms with Crippen LogP contribution in [-0.4, -0.2) is 61.6 Å². The third kappa shape index (κ3) is 6.01. The second-order valence-electron chi connectivity index (χ2n) is 10.2. The molecule has 0 unspecified atom stereocenters. The summed E-state index contributed by atoms with van der Waals surface area (Å²) >= 11 is 0. The molecule has 12 nitrogen and oxygen atoms in total. The van der Waals surface area contributed by atoms with E-state index in [0.29, 0.717) is 35.4 Å². The summed E-state index contributed by atoms with van der Waals surface area (Å²) in [6.07, 6.45) is 3.67. The van der Waals surface area contributed by atoms with Crippen LogP contribution in [0.5, 0.6) is 6.01 Å². The number of aromatic nitrogens is 4. The first-order valence-corrected chi connectivity index (χ1v) is 13.3. The second kappa shape index (κ2) is 11.7. The maximum atomic E-state index is 12.9. The van der Waals surface area contributed by atoms with Crippen molar-refractivity contribution < 1.29 is 14.5 Å². The molecule has 0 bridgehead atoms. The van der Waals surface area contributed by atoms with Crippen LogP contribution in [0.2, 0.25) is 0 Å². The number of hydrogen-bond donors (Lipinski definition) is 2. The fraction of sp³-hybridized carbons (Fsp3) is 0.357. The van der Waals surface area contributed by atoms with Crippen molar-refractivity contribution in [3.63, 3.8) is 0 Å². The number of amides is 1. The highest BCUT2D eigenvalue weighted by atomic mass is 16.6. The third-order valence-corrected chi connectivity index (χ3v) is 6.98. The summed E-state index contributed by atoms with van der Waals surface area (Å²) in [5, 5.41) is 21.7. The van der Waals surface area contributed by atoms with Gasteiger partial charge in [-0.15, -0.1) is 0 Å². The number of ether oxygens (including phenoxy) is 1. The van der Waals surface area contributed by atoms with Crippen molar-refractivity contribution in [2.75, 3.05) is 30.8 Å². The number of likely N-dealkylation sites (tertiary alicyclic amines) is 1. The summed E-state index contributed by atoms with van der Waals surface area (Å²) in [5.41, 5.74) is 3.35. The first-order chi connectivity index (χ1) is 19.3. The highest BCUT2D eigenvalue weighted by molar-refractivity contribution is 6.04. The van der Waals surface area contributed by atoms with Crippen LogP contribution < -0.4 is 15.4 Å². The van der Waals surface area contributed by atoms with E-state index >= 15 is 0 Å². The van der Waals surface area contributed by atoms with Crippen LogP contribution in [0.1, 0.15) is 54.1 Å². The van der Waals surface area contributed by atoms with Crippen molar-refractivity contribution in [2.24, 2.45) is 0 Å². The second-order valence-corrected chi connectivity index (χ2v) is 10.2. The number of nitro benzene ring substituents is 1. The number of non-ortho nitro benzene ring substituents is 1. The number of fused-ring (bicyclic) bond motifs is 1. The molecule has 5 rings (SSSR count). The van der Waals surface area contributed by atoms with E-state index in [1.165, 1.54) is 24.3 Å². The van der Waals surface area contributed by atoms with Crippen molar-refractivity contribution in [2.45, 2.75) is 45.3 Å². The Kier molecular flexibility index (Phi) is 7.87. The molecule has 1 aliphatic rings. The molecule has 40 heavy (non-hydrogen) atoms. The van der Waals surface area contributed by atoms with Crippen molar-refractivity contribution >= 4 is 28.9 Å². The van der Waals surface area contributed by atoms with Crippen LogP contribution in [0.3, 0.4) is 0 Å². The van der Waals surface area contributed by atoms with Gasteiger partial charge in [-0.1, -0.05) is 32.0 Å². The van der Waals surface area contributed by atoms with Crippen molar-refractivity contribution in [3.05, 3.63) is 81.5 Å². The third-order valence-electron chi connectivity index (χ3n) is 6.98. The number of nitrogens with one attached hydrogen (secondary N) is 2. The van der Waals surface area contributed by atoms with Crippen molar-refractivity contribution in [3.8, 4) is 6.01 Å². The molecule has 1 fully saturated rings. The predicted octanol–water partition coefficient (Wildman–Crippen LogP) is 4.49. The van der Waals surface area contributed by atoms with E-state index in [2.05, 4.69) is 46.5 Å². The summed E-state index contributed by atoms with van der Waals surface area (Å²) in [6.45, 7) is 6.45. The minimum absolute atomic E-state index is 0.0484. The van der Waals surface area contributed by atoms with E-state index in [9.17, 15) is 14.9 Å². The Hall–Kier alpha value is -4.58. The molecule has 208 valence electrons. The summed E-state index contributed by atoms with van der Waals surface area (Å²) in [5.74, 6) is 0.331. The van der Waals surface area contributed by atoms with E-state index in [0.717, 1.165) is 37.1 Å². The molecule has 1 aliphatic heterocycles. The quantitative estimate of drug-likeness (QED) is 0.230. The summed E-state index contributed by atoms with van der Waals surface area (Å²) in [4.78, 5) is 34.9. The maximum Gasteiger partial charge on any atom is 0.322 e. The number of anilines is 2. The standard InChI is InChI=1S/C28H32N8O4/c1-18(2)23-17-30-35-25(23)32-28(40-22-12-14-34(3)15-13-22)33-27(35)29-16-20-6-4-5-7-24(20)31-26(37)19-8-10-21(11-9-19)36(38)39/h4-11,17-18,22H,12-16H2,1-3H3,(H,31,37)(H,29,32,33). The fourth-order valence-corrected chi connectivity index (χ4v) is 4.60. The zero-order valence-corrected chi connectivity index (χ0v) is 22.7. The average molecular weight is 545 g/mol. The highest BCUT2D eigenvalue weighted by Gasteiger charge is 2.22. The molecule has 3 heterocycles. The first kappa shape index (κ1) is 27.0. The van der Waals surface area contributed by atoms with Crippen LogP contribution >= 0.6 is 0 Å². The van der Waals surface area contributed by atoms with Crippen LogP contribution in [0.4, 0.5) is 17.3 Å². The molecular formula is C28H32N8O4. The SMILES string of the molecule is CC(C)c1cnn2c(NCc3ccccc3NC(=O)c3ccc([N+](=O)[O-])cc3)nc(OC3CCN(C)CC3)nc12. The molecule has 2 N–H and O–H groups in total. The molecule has 1 saturated heterocycles. The Balaban J connectivity index is 1.36. The number of benzene rings is 2. The van der Waals surface area contributed by atoms with E-state index in [-0.39, 0.29) is 23.6 Å². The van der Waals surface area contributed by atoms with E-state index in [4.69, 9.17) is 9.72 Å². The van der Waals surface area contributed by atoms with Gasteiger partial charge in [-0.3, -0.25) is 14.9 Å². The highest BCUT2D eigenvalue weighted by Crippen LogP contribution is 2.25. The molecule has 0 atom stereocenters. The average Bonchev–Trinajstić information content (AvgIpc) is 3.38. The molecule has 4 aromatic rings. The maximum absolute atomic E-state index is 12.9.